The first-order valence-corrected chi connectivity index (χ1v) is 3.89. The molecule has 1 amide bonds. The fourth-order valence-corrected chi connectivity index (χ4v) is 0.588. The summed E-state index contributed by atoms with van der Waals surface area (Å²) in [5.74, 6) is 4.49. The molecule has 0 unspecified atom stereocenters. The molecule has 0 fully saturated rings. The Bertz CT molecular complexity index is 239. The van der Waals surface area contributed by atoms with Crippen LogP contribution < -0.4 is 10.6 Å². The summed E-state index contributed by atoms with van der Waals surface area (Å²) < 4.78 is 34.8. The molecule has 0 aromatic rings. The third-order valence-electron chi connectivity index (χ3n) is 1.16. The molecule has 0 bridgehead atoms. The lowest BCUT2D eigenvalue weighted by Gasteiger charge is -2.07. The highest BCUT2D eigenvalue weighted by Gasteiger charge is 2.27. The molecule has 0 aliphatic rings. The minimum absolute atomic E-state index is 0.162. The Labute approximate surface area is 80.1 Å². The van der Waals surface area contributed by atoms with Gasteiger partial charge in [-0.25, -0.2) is 0 Å². The predicted molar refractivity (Wildman–Crippen MR) is 45.4 cm³/mol. The summed E-state index contributed by atoms with van der Waals surface area (Å²) in [5.41, 5.74) is 0. The Morgan fingerprint density at radius 2 is 2.07 bits per heavy atom. The van der Waals surface area contributed by atoms with Crippen LogP contribution in [0.1, 0.15) is 6.92 Å². The molecule has 14 heavy (non-hydrogen) atoms. The normalized spacial score (nSPS) is 10.3. The van der Waals surface area contributed by atoms with E-state index in [1.165, 1.54) is 0 Å². The first-order valence-electron chi connectivity index (χ1n) is 3.89. The average molecular weight is 208 g/mol. The zero-order chi connectivity index (χ0) is 11.0. The van der Waals surface area contributed by atoms with E-state index in [2.05, 4.69) is 17.2 Å². The first kappa shape index (κ1) is 12.8. The van der Waals surface area contributed by atoms with Crippen molar-refractivity contribution in [1.29, 1.82) is 0 Å². The van der Waals surface area contributed by atoms with Crippen LogP contribution >= 0.6 is 0 Å². The van der Waals surface area contributed by atoms with E-state index in [1.807, 2.05) is 0 Å². The van der Waals surface area contributed by atoms with Crippen LogP contribution in [-0.4, -0.2) is 31.7 Å². The van der Waals surface area contributed by atoms with Crippen LogP contribution in [0, 0.1) is 11.8 Å². The second-order valence-corrected chi connectivity index (χ2v) is 2.42. The highest BCUT2D eigenvalue weighted by molar-refractivity contribution is 5.78. The smallest absolute Gasteiger partial charge is 0.346 e. The van der Waals surface area contributed by atoms with Crippen molar-refractivity contribution in [2.45, 2.75) is 13.1 Å². The van der Waals surface area contributed by atoms with Crippen molar-refractivity contribution in [3.8, 4) is 11.8 Å². The zero-order valence-corrected chi connectivity index (χ0v) is 7.66. The second kappa shape index (κ2) is 6.27. The van der Waals surface area contributed by atoms with Crippen molar-refractivity contribution < 1.29 is 18.0 Å². The molecule has 0 aliphatic heterocycles. The number of amides is 1. The summed E-state index contributed by atoms with van der Waals surface area (Å²) in [4.78, 5) is 10.7. The van der Waals surface area contributed by atoms with Gasteiger partial charge in [-0.05, 0) is 6.92 Å². The second-order valence-electron chi connectivity index (χ2n) is 2.42. The summed E-state index contributed by atoms with van der Waals surface area (Å²) in [6, 6.07) is 0. The number of alkyl halides is 3. The maximum absolute atomic E-state index is 11.6. The van der Waals surface area contributed by atoms with E-state index in [0.717, 1.165) is 0 Å². The lowest BCUT2D eigenvalue weighted by molar-refractivity contribution is -0.137. The van der Waals surface area contributed by atoms with Gasteiger partial charge in [-0.3, -0.25) is 10.1 Å². The van der Waals surface area contributed by atoms with Gasteiger partial charge in [0.15, 0.2) is 0 Å². The molecule has 6 heteroatoms. The van der Waals surface area contributed by atoms with Crippen LogP contribution in [0.5, 0.6) is 0 Å². The molecule has 0 heterocycles. The Morgan fingerprint density at radius 1 is 1.43 bits per heavy atom. The number of rotatable bonds is 4. The van der Waals surface area contributed by atoms with Crippen LogP contribution in [0.25, 0.3) is 0 Å². The van der Waals surface area contributed by atoms with Crippen LogP contribution in [0.4, 0.5) is 13.2 Å². The lowest BCUT2D eigenvalue weighted by Crippen LogP contribution is -2.39. The van der Waals surface area contributed by atoms with Gasteiger partial charge < -0.3 is 5.32 Å². The molecule has 0 atom stereocenters. The average Bonchev–Trinajstić information content (AvgIpc) is 2.08. The van der Waals surface area contributed by atoms with Crippen molar-refractivity contribution >= 4 is 5.91 Å². The fourth-order valence-electron chi connectivity index (χ4n) is 0.588. The summed E-state index contributed by atoms with van der Waals surface area (Å²) in [7, 11) is 0. The van der Waals surface area contributed by atoms with E-state index in [0.29, 0.717) is 0 Å². The van der Waals surface area contributed by atoms with Gasteiger partial charge in [0.25, 0.3) is 0 Å². The number of halogens is 3. The largest absolute Gasteiger partial charge is 0.405 e. The molecule has 0 saturated carbocycles. The molecule has 3 nitrogen and oxygen atoms in total. The standard InChI is InChI=1S/C8H11F3N2O/c1-2-3-4-12-5-7(14)13-6-8(9,10)11/h12H,4-6H2,1H3,(H,13,14). The monoisotopic (exact) mass is 208 g/mol. The van der Waals surface area contributed by atoms with E-state index < -0.39 is 18.6 Å². The number of hydrogen-bond donors (Lipinski definition) is 2. The Balaban J connectivity index is 3.50. The summed E-state index contributed by atoms with van der Waals surface area (Å²) in [6.07, 6.45) is -4.36. The van der Waals surface area contributed by atoms with Crippen molar-refractivity contribution in [1.82, 2.24) is 10.6 Å². The van der Waals surface area contributed by atoms with Gasteiger partial charge >= 0.3 is 6.18 Å². The van der Waals surface area contributed by atoms with E-state index in [4.69, 9.17) is 0 Å². The summed E-state index contributed by atoms with van der Waals surface area (Å²) in [5, 5.41) is 4.29. The quantitative estimate of drug-likeness (QED) is 0.514. The molecule has 0 aromatic heterocycles. The van der Waals surface area contributed by atoms with Crippen LogP contribution in [0.2, 0.25) is 0 Å². The Morgan fingerprint density at radius 3 is 2.57 bits per heavy atom. The highest BCUT2D eigenvalue weighted by Crippen LogP contribution is 2.11. The van der Waals surface area contributed by atoms with Gasteiger partial charge in [-0.2, -0.15) is 13.2 Å². The minimum Gasteiger partial charge on any atom is -0.346 e. The van der Waals surface area contributed by atoms with E-state index in [-0.39, 0.29) is 13.1 Å². The maximum Gasteiger partial charge on any atom is 0.405 e. The van der Waals surface area contributed by atoms with Gasteiger partial charge in [-0.1, -0.05) is 5.92 Å². The number of carbonyl (C=O) groups excluding carboxylic acids is 1. The molecular weight excluding hydrogens is 197 g/mol. The summed E-state index contributed by atoms with van der Waals surface area (Å²) in [6.45, 7) is 0.457. The molecule has 80 valence electrons. The molecule has 0 saturated heterocycles. The van der Waals surface area contributed by atoms with Crippen molar-refractivity contribution in [2.24, 2.45) is 0 Å². The van der Waals surface area contributed by atoms with E-state index >= 15 is 0 Å². The molecule has 0 rings (SSSR count). The zero-order valence-electron chi connectivity index (χ0n) is 7.66. The van der Waals surface area contributed by atoms with Gasteiger partial charge in [0.1, 0.15) is 6.54 Å². The molecular formula is C8H11F3N2O. The van der Waals surface area contributed by atoms with Crippen LogP contribution in [-0.2, 0) is 4.79 Å². The molecule has 0 radical (unpaired) electrons. The Hall–Kier alpha value is -1.22. The molecule has 0 spiro atoms. The van der Waals surface area contributed by atoms with Crippen LogP contribution in [0.3, 0.4) is 0 Å². The van der Waals surface area contributed by atoms with Crippen LogP contribution in [0.15, 0.2) is 0 Å². The topological polar surface area (TPSA) is 41.1 Å². The van der Waals surface area contributed by atoms with Crippen molar-refractivity contribution in [3.63, 3.8) is 0 Å². The third-order valence-corrected chi connectivity index (χ3v) is 1.16. The van der Waals surface area contributed by atoms with Crippen molar-refractivity contribution in [2.75, 3.05) is 19.6 Å². The fraction of sp³-hybridized carbons (Fsp3) is 0.625. The van der Waals surface area contributed by atoms with E-state index in [9.17, 15) is 18.0 Å². The molecule has 0 aliphatic carbocycles. The Kier molecular flexibility index (Phi) is 5.72. The van der Waals surface area contributed by atoms with Gasteiger partial charge in [0.05, 0.1) is 13.1 Å². The SMILES string of the molecule is CC#CCNCC(=O)NCC(F)(F)F. The minimum atomic E-state index is -4.36. The maximum atomic E-state index is 11.6. The first-order chi connectivity index (χ1) is 6.45. The third kappa shape index (κ3) is 8.87. The molecule has 0 aromatic carbocycles. The summed E-state index contributed by atoms with van der Waals surface area (Å²) >= 11 is 0. The number of hydrogen-bond acceptors (Lipinski definition) is 2. The number of carbonyl (C=O) groups is 1. The molecule has 2 N–H and O–H groups in total. The van der Waals surface area contributed by atoms with Gasteiger partial charge in [-0.15, -0.1) is 5.92 Å². The van der Waals surface area contributed by atoms with Crippen molar-refractivity contribution in [3.05, 3.63) is 0 Å². The lowest BCUT2D eigenvalue weighted by atomic mass is 10.5. The van der Waals surface area contributed by atoms with E-state index in [1.54, 1.807) is 12.2 Å². The number of nitrogens with one attached hydrogen (secondary N) is 2. The van der Waals surface area contributed by atoms with Gasteiger partial charge in [0, 0.05) is 0 Å². The predicted octanol–water partition coefficient (Wildman–Crippen LogP) is 0.278. The highest BCUT2D eigenvalue weighted by atomic mass is 19.4. The van der Waals surface area contributed by atoms with Gasteiger partial charge in [0.2, 0.25) is 5.91 Å².